The molecule has 1 radical (unpaired) electrons. The molecule has 3 saturated carbocycles. The minimum absolute atomic E-state index is 0. The van der Waals surface area contributed by atoms with Crippen molar-refractivity contribution < 1.29 is 76.3 Å². The molecular weight excluding hydrogens is 918 g/mol. The molecule has 0 amide bonds. The van der Waals surface area contributed by atoms with Gasteiger partial charge in [0, 0.05) is 70.5 Å². The summed E-state index contributed by atoms with van der Waals surface area (Å²) < 4.78 is 18.3. The molecular formula is C54H73CuNO12. The number of allylic oxidation sites excluding steroid dienone is 1. The predicted octanol–water partition coefficient (Wildman–Crippen LogP) is 7.01. The van der Waals surface area contributed by atoms with Crippen molar-refractivity contribution >= 4 is 17.3 Å². The van der Waals surface area contributed by atoms with E-state index >= 15 is 0 Å². The summed E-state index contributed by atoms with van der Waals surface area (Å²) in [6, 6.07) is 3.69. The van der Waals surface area contributed by atoms with Crippen molar-refractivity contribution in [3.05, 3.63) is 63.2 Å². The fourth-order valence-electron chi connectivity index (χ4n) is 15.1. The van der Waals surface area contributed by atoms with E-state index in [1.165, 1.54) is 69.4 Å². The van der Waals surface area contributed by atoms with Crippen molar-refractivity contribution in [2.75, 3.05) is 13.7 Å². The quantitative estimate of drug-likeness (QED) is 0.0554. The molecule has 2 aromatic rings. The number of nitrogens with one attached hydrogen (secondary N) is 1. The first-order chi connectivity index (χ1) is 31.8. The molecule has 15 atom stereocenters. The van der Waals surface area contributed by atoms with Crippen LogP contribution in [-0.4, -0.2) is 104 Å². The SMILES string of the molecule is COc1cccc2c1C(=O)c1c(O)c3c(c(O)c1C2=O)C[C@@](O)(C(=O)CO)C[C@@H]3OC1CC(NC2C[C@H](O)CC3=CC[C@H]4[C@@H]5CC[C@H]([C@H](C)CCCC(C)C)[C@@]5(C)CC[C@@H]4[C@]32C)C(O)C(C)O1.[Cu]. The zero-order valence-corrected chi connectivity index (χ0v) is 41.6. The van der Waals surface area contributed by atoms with Crippen molar-refractivity contribution in [2.24, 2.45) is 46.3 Å². The van der Waals surface area contributed by atoms with Crippen LogP contribution in [0.25, 0.3) is 0 Å². The van der Waals surface area contributed by atoms with Crippen LogP contribution in [0.5, 0.6) is 17.2 Å². The monoisotopic (exact) mass is 990 g/mol. The Bertz CT molecular complexity index is 2330. The zero-order chi connectivity index (χ0) is 48.1. The molecule has 0 aromatic heterocycles. The second-order valence-electron chi connectivity index (χ2n) is 22.6. The Morgan fingerprint density at radius 2 is 1.71 bits per heavy atom. The number of hydrogen-bond acceptors (Lipinski definition) is 13. The number of Topliss-reactive ketones (excluding diaryl/α,β-unsaturated/α-hetero) is 1. The molecule has 0 spiro atoms. The van der Waals surface area contributed by atoms with Gasteiger partial charge in [0.15, 0.2) is 17.9 Å². The Morgan fingerprint density at radius 1 is 0.971 bits per heavy atom. The number of phenols is 2. The summed E-state index contributed by atoms with van der Waals surface area (Å²) in [5, 5.41) is 73.0. The summed E-state index contributed by atoms with van der Waals surface area (Å²) in [5.41, 5.74) is -2.30. The van der Waals surface area contributed by atoms with Gasteiger partial charge < -0.3 is 50.2 Å². The summed E-state index contributed by atoms with van der Waals surface area (Å²) >= 11 is 0. The van der Waals surface area contributed by atoms with Crippen molar-refractivity contribution in [1.82, 2.24) is 5.32 Å². The molecule has 6 aliphatic carbocycles. The van der Waals surface area contributed by atoms with Gasteiger partial charge in [-0.05, 0) is 98.9 Å². The maximum Gasteiger partial charge on any atom is 0.202 e. The van der Waals surface area contributed by atoms with Gasteiger partial charge in [0.05, 0.1) is 48.2 Å². The standard InChI is InChI=1S/C54H73NO12.Cu/c1-26(2)10-8-11-27(3)34-16-17-35-31-15-14-29-20-30(57)21-40(53(29,6)36(31)18-19-52(34,35)5)55-37-22-42(66-28(4)47(37)59)67-39-24-54(64,41(58)25-56)23-33-44(39)51(63)46-45(49(33)61)48(60)32-12-9-13-38(65-7)43(32)50(46)62;/h9,12-14,26-28,30-31,34-37,39-40,42,47,55-57,59,61,63-64H,8,10-11,15-25H2,1-7H3;/t27-,28?,30-,31+,34-,35+,36+,37?,39+,40?,42?,47?,52-,53+,54+;/m1./s1. The van der Waals surface area contributed by atoms with E-state index in [2.05, 4.69) is 46.0 Å². The number of benzene rings is 2. The van der Waals surface area contributed by atoms with Crippen LogP contribution in [0, 0.1) is 46.3 Å². The summed E-state index contributed by atoms with van der Waals surface area (Å²) in [7, 11) is 1.35. The minimum Gasteiger partial charge on any atom is -0.507 e. The number of aliphatic hydroxyl groups excluding tert-OH is 3. The molecule has 2 aromatic carbocycles. The van der Waals surface area contributed by atoms with Crippen molar-refractivity contribution in [2.45, 2.75) is 173 Å². The smallest absolute Gasteiger partial charge is 0.202 e. The molecule has 1 saturated heterocycles. The third kappa shape index (κ3) is 8.23. The fourth-order valence-corrected chi connectivity index (χ4v) is 15.1. The van der Waals surface area contributed by atoms with E-state index < -0.39 is 102 Å². The normalized spacial score (nSPS) is 37.6. The van der Waals surface area contributed by atoms with Gasteiger partial charge in [-0.25, -0.2) is 0 Å². The molecule has 14 heteroatoms. The molecule has 13 nitrogen and oxygen atoms in total. The largest absolute Gasteiger partial charge is 0.507 e. The Hall–Kier alpha value is -3.17. The number of ketones is 3. The summed E-state index contributed by atoms with van der Waals surface area (Å²) in [6.45, 7) is 12.8. The first kappa shape index (κ1) is 51.2. The molecule has 4 fully saturated rings. The van der Waals surface area contributed by atoms with E-state index in [9.17, 15) is 45.0 Å². The molecule has 5 unspecified atom stereocenters. The molecule has 0 bridgehead atoms. The predicted molar refractivity (Wildman–Crippen MR) is 249 cm³/mol. The van der Waals surface area contributed by atoms with Gasteiger partial charge in [-0.15, -0.1) is 0 Å². The molecule has 9 rings (SSSR count). The van der Waals surface area contributed by atoms with Gasteiger partial charge in [0.25, 0.3) is 0 Å². The maximum absolute atomic E-state index is 14.2. The molecule has 68 heavy (non-hydrogen) atoms. The van der Waals surface area contributed by atoms with Crippen LogP contribution >= 0.6 is 0 Å². The van der Waals surface area contributed by atoms with Crippen LogP contribution in [-0.2, 0) is 37.8 Å². The van der Waals surface area contributed by atoms with Gasteiger partial charge in [-0.3, -0.25) is 14.4 Å². The van der Waals surface area contributed by atoms with Crippen molar-refractivity contribution in [1.29, 1.82) is 0 Å². The average Bonchev–Trinajstić information content (AvgIpc) is 3.65. The Balaban J connectivity index is 0.00000625. The molecule has 7 N–H and O–H groups in total. The Kier molecular flexibility index (Phi) is 14.4. The number of rotatable bonds is 12. The third-order valence-electron chi connectivity index (χ3n) is 18.6. The second kappa shape index (κ2) is 19.1. The topological polar surface area (TPSA) is 212 Å². The fraction of sp³-hybridized carbons (Fsp3) is 0.685. The summed E-state index contributed by atoms with van der Waals surface area (Å²) in [6.07, 6.45) is 7.48. The number of aromatic hydroxyl groups is 2. The number of ether oxygens (including phenoxy) is 3. The third-order valence-corrected chi connectivity index (χ3v) is 18.6. The number of methoxy groups -OCH3 is 1. The number of fused-ring (bicyclic) bond motifs is 8. The van der Waals surface area contributed by atoms with Gasteiger partial charge in [-0.2, -0.15) is 0 Å². The van der Waals surface area contributed by atoms with Crippen LogP contribution in [0.1, 0.15) is 168 Å². The van der Waals surface area contributed by atoms with Crippen LogP contribution in [0.3, 0.4) is 0 Å². The van der Waals surface area contributed by atoms with Gasteiger partial charge >= 0.3 is 0 Å². The van der Waals surface area contributed by atoms with Crippen molar-refractivity contribution in [3.63, 3.8) is 0 Å². The van der Waals surface area contributed by atoms with E-state index in [4.69, 9.17) is 14.2 Å². The average molecular weight is 992 g/mol. The maximum atomic E-state index is 14.2. The van der Waals surface area contributed by atoms with E-state index in [1.54, 1.807) is 6.92 Å². The molecule has 377 valence electrons. The first-order valence-electron chi connectivity index (χ1n) is 25.1. The van der Waals surface area contributed by atoms with Crippen LogP contribution < -0.4 is 10.1 Å². The zero-order valence-electron chi connectivity index (χ0n) is 40.6. The summed E-state index contributed by atoms with van der Waals surface area (Å²) in [4.78, 5) is 41.5. The Labute approximate surface area is 411 Å². The van der Waals surface area contributed by atoms with E-state index in [0.717, 1.165) is 24.7 Å². The minimum atomic E-state index is -2.29. The van der Waals surface area contributed by atoms with Gasteiger partial charge in [0.1, 0.15) is 29.5 Å². The van der Waals surface area contributed by atoms with Gasteiger partial charge in [0.2, 0.25) is 5.78 Å². The number of aliphatic hydroxyl groups is 4. The van der Waals surface area contributed by atoms with Crippen LogP contribution in [0.15, 0.2) is 29.8 Å². The van der Waals surface area contributed by atoms with Crippen LogP contribution in [0.2, 0.25) is 0 Å². The Morgan fingerprint density at radius 3 is 2.41 bits per heavy atom. The number of carbonyl (C=O) groups is 3. The first-order valence-corrected chi connectivity index (χ1v) is 25.1. The molecule has 1 aliphatic heterocycles. The summed E-state index contributed by atoms with van der Waals surface area (Å²) in [5.74, 6) is -0.0274. The van der Waals surface area contributed by atoms with Crippen molar-refractivity contribution in [3.8, 4) is 17.2 Å². The number of carbonyl (C=O) groups excluding carboxylic acids is 3. The second-order valence-corrected chi connectivity index (χ2v) is 22.6. The molecule has 7 aliphatic rings. The van der Waals surface area contributed by atoms with E-state index in [0.29, 0.717) is 41.9 Å². The van der Waals surface area contributed by atoms with E-state index in [1.807, 2.05) is 0 Å². The number of phenolic OH excluding ortho intramolecular Hbond substituents is 2. The van der Waals surface area contributed by atoms with Crippen LogP contribution in [0.4, 0.5) is 0 Å². The number of hydrogen-bond donors (Lipinski definition) is 7. The molecule has 1 heterocycles. The van der Waals surface area contributed by atoms with E-state index in [-0.39, 0.29) is 62.9 Å². The van der Waals surface area contributed by atoms with Gasteiger partial charge in [-0.1, -0.05) is 77.7 Å².